The predicted octanol–water partition coefficient (Wildman–Crippen LogP) is 3.91. The monoisotopic (exact) mass is 472 g/mol. The highest BCUT2D eigenvalue weighted by Gasteiger charge is 2.29. The van der Waals surface area contributed by atoms with Gasteiger partial charge in [-0.1, -0.05) is 18.7 Å². The normalized spacial score (nSPS) is 18.2. The predicted molar refractivity (Wildman–Crippen MR) is 128 cm³/mol. The Morgan fingerprint density at radius 1 is 1.24 bits per heavy atom. The molecule has 2 aromatic carbocycles. The van der Waals surface area contributed by atoms with E-state index in [4.69, 9.17) is 9.47 Å². The van der Waals surface area contributed by atoms with Crippen LogP contribution in [-0.2, 0) is 11.3 Å². The third-order valence-electron chi connectivity index (χ3n) is 6.00. The summed E-state index contributed by atoms with van der Waals surface area (Å²) in [6.07, 6.45) is -0.776. The molecule has 2 aliphatic rings. The number of fused-ring (bicyclic) bond motifs is 1. The zero-order chi connectivity index (χ0) is 24.2. The van der Waals surface area contributed by atoms with E-state index in [9.17, 15) is 13.6 Å². The lowest BCUT2D eigenvalue weighted by Gasteiger charge is -2.36. The second-order valence-electron chi connectivity index (χ2n) is 8.42. The van der Waals surface area contributed by atoms with E-state index in [1.54, 1.807) is 19.1 Å². The standard InChI is InChI=1S/C25H30F2N4O3/c1-4-28-16(2)19-5-7-20(8-6-19)31-11-9-30(10-12-31)15-18-13-21-23(22(14-18)34-25(26)27)33-17(3)24(32)29-21/h5-8,13-14,17,25,28H,2,4,9-12,15H2,1,3H3,(H,29,32). The number of amides is 1. The third-order valence-corrected chi connectivity index (χ3v) is 6.00. The molecule has 0 radical (unpaired) electrons. The summed E-state index contributed by atoms with van der Waals surface area (Å²) in [5.74, 6) is -0.241. The number of nitrogens with zero attached hydrogens (tertiary/aromatic N) is 2. The van der Waals surface area contributed by atoms with Crippen LogP contribution in [0.2, 0.25) is 0 Å². The number of carbonyl (C=O) groups is 1. The molecule has 2 aromatic rings. The number of alkyl halides is 2. The molecule has 0 aromatic heterocycles. The maximum atomic E-state index is 13.0. The van der Waals surface area contributed by atoms with Crippen molar-refractivity contribution in [1.82, 2.24) is 10.2 Å². The van der Waals surface area contributed by atoms with Crippen molar-refractivity contribution < 1.29 is 23.0 Å². The summed E-state index contributed by atoms with van der Waals surface area (Å²) < 4.78 is 36.2. The fraction of sp³-hybridized carbons (Fsp3) is 0.400. The van der Waals surface area contributed by atoms with E-state index in [1.807, 2.05) is 6.92 Å². The Balaban J connectivity index is 1.40. The number of halogens is 2. The smallest absolute Gasteiger partial charge is 0.387 e. The van der Waals surface area contributed by atoms with Gasteiger partial charge in [0.05, 0.1) is 5.69 Å². The minimum Gasteiger partial charge on any atom is -0.475 e. The summed E-state index contributed by atoms with van der Waals surface area (Å²) in [5.41, 5.74) is 4.27. The number of nitrogens with one attached hydrogen (secondary N) is 2. The number of piperazine rings is 1. The van der Waals surface area contributed by atoms with E-state index in [0.29, 0.717) is 12.2 Å². The molecule has 1 atom stereocenters. The average molecular weight is 473 g/mol. The highest BCUT2D eigenvalue weighted by atomic mass is 19.3. The van der Waals surface area contributed by atoms with Crippen LogP contribution in [0.5, 0.6) is 11.5 Å². The molecule has 1 saturated heterocycles. The van der Waals surface area contributed by atoms with Gasteiger partial charge in [-0.15, -0.1) is 0 Å². The second kappa shape index (κ2) is 10.3. The fourth-order valence-electron chi connectivity index (χ4n) is 4.22. The molecule has 1 unspecified atom stereocenters. The lowest BCUT2D eigenvalue weighted by Crippen LogP contribution is -2.46. The molecule has 4 rings (SSSR count). The number of hydrogen-bond donors (Lipinski definition) is 2. The molecule has 9 heteroatoms. The first kappa shape index (κ1) is 23.8. The topological polar surface area (TPSA) is 66.1 Å². The summed E-state index contributed by atoms with van der Waals surface area (Å²) in [6, 6.07) is 11.7. The third kappa shape index (κ3) is 5.41. The number of benzene rings is 2. The summed E-state index contributed by atoms with van der Waals surface area (Å²) >= 11 is 0. The lowest BCUT2D eigenvalue weighted by molar-refractivity contribution is -0.122. The van der Waals surface area contributed by atoms with Crippen LogP contribution in [0.25, 0.3) is 5.70 Å². The van der Waals surface area contributed by atoms with Crippen molar-refractivity contribution in [1.29, 1.82) is 0 Å². The molecule has 2 N–H and O–H groups in total. The van der Waals surface area contributed by atoms with Crippen molar-refractivity contribution >= 4 is 23.0 Å². The van der Waals surface area contributed by atoms with Gasteiger partial charge in [0.15, 0.2) is 17.6 Å². The van der Waals surface area contributed by atoms with Gasteiger partial charge in [-0.3, -0.25) is 9.69 Å². The van der Waals surface area contributed by atoms with Crippen LogP contribution in [0, 0.1) is 0 Å². The Bertz CT molecular complexity index is 1040. The summed E-state index contributed by atoms with van der Waals surface area (Å²) in [6.45, 7) is 9.36. The van der Waals surface area contributed by atoms with Gasteiger partial charge in [0, 0.05) is 50.7 Å². The SMILES string of the molecule is C=C(NCC)c1ccc(N2CCN(Cc3cc4c(c(OC(F)F)c3)OC(C)C(=O)N4)CC2)cc1. The average Bonchev–Trinajstić information content (AvgIpc) is 2.81. The summed E-state index contributed by atoms with van der Waals surface area (Å²) in [5, 5.41) is 5.95. The zero-order valence-electron chi connectivity index (χ0n) is 19.4. The van der Waals surface area contributed by atoms with Crippen molar-refractivity contribution in [3.05, 3.63) is 54.1 Å². The minimum atomic E-state index is -2.99. The molecular weight excluding hydrogens is 442 g/mol. The number of rotatable bonds is 8. The Labute approximate surface area is 198 Å². The van der Waals surface area contributed by atoms with Gasteiger partial charge in [0.25, 0.3) is 5.91 Å². The molecule has 0 bridgehead atoms. The van der Waals surface area contributed by atoms with Crippen LogP contribution < -0.4 is 25.0 Å². The van der Waals surface area contributed by atoms with Crippen molar-refractivity contribution in [3.8, 4) is 11.5 Å². The quantitative estimate of drug-likeness (QED) is 0.608. The van der Waals surface area contributed by atoms with Crippen LogP contribution in [0.4, 0.5) is 20.2 Å². The van der Waals surface area contributed by atoms with Crippen molar-refractivity contribution in [2.75, 3.05) is 42.9 Å². The maximum absolute atomic E-state index is 13.0. The summed E-state index contributed by atoms with van der Waals surface area (Å²) in [4.78, 5) is 16.6. The van der Waals surface area contributed by atoms with Crippen molar-refractivity contribution in [3.63, 3.8) is 0 Å². The second-order valence-corrected chi connectivity index (χ2v) is 8.42. The van der Waals surface area contributed by atoms with Gasteiger partial charge < -0.3 is 25.0 Å². The van der Waals surface area contributed by atoms with Gasteiger partial charge in [-0.25, -0.2) is 0 Å². The molecule has 182 valence electrons. The summed E-state index contributed by atoms with van der Waals surface area (Å²) in [7, 11) is 0. The molecule has 1 amide bonds. The van der Waals surface area contributed by atoms with Gasteiger partial charge in [0.2, 0.25) is 0 Å². The van der Waals surface area contributed by atoms with E-state index in [1.165, 1.54) is 0 Å². The molecule has 0 spiro atoms. The van der Waals surface area contributed by atoms with E-state index in [0.717, 1.165) is 55.2 Å². The Hall–Kier alpha value is -3.33. The van der Waals surface area contributed by atoms with Crippen LogP contribution >= 0.6 is 0 Å². The first-order valence-electron chi connectivity index (χ1n) is 11.4. The van der Waals surface area contributed by atoms with Crippen LogP contribution in [-0.4, -0.2) is 56.2 Å². The number of hydrogen-bond acceptors (Lipinski definition) is 6. The molecular formula is C25H30F2N4O3. The number of anilines is 2. The minimum absolute atomic E-state index is 0.0628. The Morgan fingerprint density at radius 2 is 1.94 bits per heavy atom. The molecule has 0 saturated carbocycles. The zero-order valence-corrected chi connectivity index (χ0v) is 19.4. The number of ether oxygens (including phenoxy) is 2. The molecule has 2 aliphatic heterocycles. The van der Waals surface area contributed by atoms with Crippen LogP contribution in [0.15, 0.2) is 43.0 Å². The van der Waals surface area contributed by atoms with Gasteiger partial charge >= 0.3 is 6.61 Å². The molecule has 0 aliphatic carbocycles. The molecule has 7 nitrogen and oxygen atoms in total. The first-order chi connectivity index (χ1) is 16.3. The van der Waals surface area contributed by atoms with E-state index >= 15 is 0 Å². The van der Waals surface area contributed by atoms with Gasteiger partial charge in [-0.05, 0) is 49.2 Å². The van der Waals surface area contributed by atoms with Crippen LogP contribution in [0.3, 0.4) is 0 Å². The van der Waals surface area contributed by atoms with Gasteiger partial charge in [-0.2, -0.15) is 8.78 Å². The lowest BCUT2D eigenvalue weighted by atomic mass is 10.1. The highest BCUT2D eigenvalue weighted by molar-refractivity contribution is 5.98. The van der Waals surface area contributed by atoms with Crippen molar-refractivity contribution in [2.24, 2.45) is 0 Å². The number of carbonyl (C=O) groups excluding carboxylic acids is 1. The Kier molecular flexibility index (Phi) is 7.21. The largest absolute Gasteiger partial charge is 0.475 e. The van der Waals surface area contributed by atoms with E-state index in [2.05, 4.69) is 51.3 Å². The maximum Gasteiger partial charge on any atom is 0.387 e. The van der Waals surface area contributed by atoms with Gasteiger partial charge in [0.1, 0.15) is 0 Å². The molecule has 1 fully saturated rings. The van der Waals surface area contributed by atoms with E-state index < -0.39 is 12.7 Å². The Morgan fingerprint density at radius 3 is 2.59 bits per heavy atom. The van der Waals surface area contributed by atoms with E-state index in [-0.39, 0.29) is 17.4 Å². The molecule has 34 heavy (non-hydrogen) atoms. The van der Waals surface area contributed by atoms with Crippen molar-refractivity contribution in [2.45, 2.75) is 33.1 Å². The molecule has 2 heterocycles. The highest BCUT2D eigenvalue weighted by Crippen LogP contribution is 2.41. The fourth-order valence-corrected chi connectivity index (χ4v) is 4.22. The first-order valence-corrected chi connectivity index (χ1v) is 11.4. The van der Waals surface area contributed by atoms with Crippen LogP contribution in [0.1, 0.15) is 25.0 Å².